The van der Waals surface area contributed by atoms with E-state index in [1.54, 1.807) is 17.4 Å². The van der Waals surface area contributed by atoms with E-state index in [0.717, 1.165) is 5.69 Å². The highest BCUT2D eigenvalue weighted by Gasteiger charge is 2.00. The van der Waals surface area contributed by atoms with Crippen LogP contribution in [0, 0.1) is 6.92 Å². The van der Waals surface area contributed by atoms with Gasteiger partial charge in [0.25, 0.3) is 0 Å². The van der Waals surface area contributed by atoms with Crippen LogP contribution in [0.5, 0.6) is 0 Å². The van der Waals surface area contributed by atoms with Crippen molar-refractivity contribution in [1.29, 1.82) is 0 Å². The third-order valence-corrected chi connectivity index (χ3v) is 2.90. The molecule has 0 N–H and O–H groups in total. The van der Waals surface area contributed by atoms with Gasteiger partial charge in [-0.1, -0.05) is 12.1 Å². The van der Waals surface area contributed by atoms with Crippen LogP contribution >= 0.6 is 11.3 Å². The summed E-state index contributed by atoms with van der Waals surface area (Å²) in [5, 5.41) is 0. The van der Waals surface area contributed by atoms with Crippen LogP contribution in [0.4, 0.5) is 0 Å². The lowest BCUT2D eigenvalue weighted by atomic mass is 10.3. The molecule has 0 amide bonds. The van der Waals surface area contributed by atoms with Crippen molar-refractivity contribution >= 4 is 17.4 Å². The number of pyridine rings is 1. The predicted octanol–water partition coefficient (Wildman–Crippen LogP) is 3.66. The number of nitrogens with zero attached hydrogens (tertiary/aromatic N) is 1. The van der Waals surface area contributed by atoms with E-state index in [2.05, 4.69) is 24.0 Å². The van der Waals surface area contributed by atoms with E-state index < -0.39 is 0 Å². The van der Waals surface area contributed by atoms with Crippen molar-refractivity contribution in [2.75, 3.05) is 0 Å². The maximum absolute atomic E-state index is 4.29. The first-order valence-corrected chi connectivity index (χ1v) is 5.19. The van der Waals surface area contributed by atoms with Gasteiger partial charge in [0.15, 0.2) is 0 Å². The average Bonchev–Trinajstić information content (AvgIpc) is 2.68. The third kappa shape index (κ3) is 1.91. The molecule has 0 aromatic carbocycles. The molecule has 0 bridgehead atoms. The Balaban J connectivity index is 2.34. The molecule has 69 valence electrons. The van der Waals surface area contributed by atoms with E-state index in [9.17, 15) is 0 Å². The average molecular weight is 200 g/mol. The highest BCUT2D eigenvalue weighted by molar-refractivity contribution is 7.16. The van der Waals surface area contributed by atoms with Gasteiger partial charge in [-0.05, 0) is 37.3 Å². The molecule has 0 saturated carbocycles. The van der Waals surface area contributed by atoms with E-state index >= 15 is 0 Å². The predicted molar refractivity (Wildman–Crippen MR) is 61.9 cm³/mol. The molecule has 14 heavy (non-hydrogen) atoms. The molecule has 0 unspecified atom stereocenters. The Bertz CT molecular complexity index is 429. The first-order chi connectivity index (χ1) is 6.90. The summed E-state index contributed by atoms with van der Waals surface area (Å²) in [5.74, 6) is 0. The van der Waals surface area contributed by atoms with Gasteiger partial charge in [-0.25, -0.2) is 0 Å². The molecule has 0 aliphatic carbocycles. The van der Waals surface area contributed by atoms with Crippen molar-refractivity contribution in [2.24, 2.45) is 0 Å². The zero-order chi connectivity index (χ0) is 9.80. The second kappa shape index (κ2) is 4.20. The summed E-state index contributed by atoms with van der Waals surface area (Å²) in [6.07, 6.45) is 5.61. The number of rotatable bonds is 2. The summed E-state index contributed by atoms with van der Waals surface area (Å²) in [6.45, 7) is 3.67. The third-order valence-electron chi connectivity index (χ3n) is 1.83. The van der Waals surface area contributed by atoms with Gasteiger partial charge < -0.3 is 0 Å². The zero-order valence-corrected chi connectivity index (χ0v) is 8.50. The lowest BCUT2D eigenvalue weighted by Crippen LogP contribution is -1.75. The van der Waals surface area contributed by atoms with Gasteiger partial charge in [0.05, 0.1) is 10.6 Å². The lowest BCUT2D eigenvalue weighted by Gasteiger charge is -1.92. The van der Waals surface area contributed by atoms with Crippen molar-refractivity contribution in [2.45, 2.75) is 0 Å². The van der Waals surface area contributed by atoms with Crippen LogP contribution < -0.4 is 0 Å². The fraction of sp³-hybridized carbons (Fsp3) is 0. The van der Waals surface area contributed by atoms with Crippen LogP contribution in [0.3, 0.4) is 0 Å². The molecule has 2 heterocycles. The second-order valence-corrected chi connectivity index (χ2v) is 3.93. The minimum atomic E-state index is 1.03. The van der Waals surface area contributed by atoms with Crippen LogP contribution in [0.25, 0.3) is 16.6 Å². The summed E-state index contributed by atoms with van der Waals surface area (Å²) >= 11 is 1.72. The number of allylic oxidation sites excluding steroid dienone is 1. The van der Waals surface area contributed by atoms with Crippen LogP contribution in [-0.4, -0.2) is 4.98 Å². The summed E-state index contributed by atoms with van der Waals surface area (Å²) < 4.78 is 0. The summed E-state index contributed by atoms with van der Waals surface area (Å²) in [5.41, 5.74) is 1.03. The van der Waals surface area contributed by atoms with Crippen LogP contribution in [0.1, 0.15) is 4.88 Å². The van der Waals surface area contributed by atoms with Crippen LogP contribution in [0.15, 0.2) is 42.6 Å². The minimum Gasteiger partial charge on any atom is -0.255 e. The molecule has 1 radical (unpaired) electrons. The van der Waals surface area contributed by atoms with Gasteiger partial charge in [-0.3, -0.25) is 4.98 Å². The normalized spacial score (nSPS) is 10.9. The topological polar surface area (TPSA) is 12.9 Å². The van der Waals surface area contributed by atoms with Gasteiger partial charge in [-0.15, -0.1) is 11.3 Å². The summed E-state index contributed by atoms with van der Waals surface area (Å²) in [7, 11) is 0. The smallest absolute Gasteiger partial charge is 0.0801 e. The SMILES string of the molecule is [CH2]/C=C/c1ccc(-c2ccccn2)s1. The van der Waals surface area contributed by atoms with Crippen LogP contribution in [0.2, 0.25) is 0 Å². The van der Waals surface area contributed by atoms with Crippen molar-refractivity contribution in [3.8, 4) is 10.6 Å². The molecule has 1 nitrogen and oxygen atoms in total. The lowest BCUT2D eigenvalue weighted by molar-refractivity contribution is 1.34. The Morgan fingerprint density at radius 2 is 2.14 bits per heavy atom. The number of hydrogen-bond acceptors (Lipinski definition) is 2. The van der Waals surface area contributed by atoms with Crippen molar-refractivity contribution in [3.05, 3.63) is 54.4 Å². The first kappa shape index (κ1) is 9.16. The first-order valence-electron chi connectivity index (χ1n) is 4.37. The number of thiophene rings is 1. The summed E-state index contributed by atoms with van der Waals surface area (Å²) in [4.78, 5) is 6.70. The van der Waals surface area contributed by atoms with Crippen molar-refractivity contribution < 1.29 is 0 Å². The zero-order valence-electron chi connectivity index (χ0n) is 7.68. The Hall–Kier alpha value is -1.41. The molecule has 0 aliphatic rings. The Morgan fingerprint density at radius 3 is 2.86 bits per heavy atom. The van der Waals surface area contributed by atoms with Crippen LogP contribution in [-0.2, 0) is 0 Å². The van der Waals surface area contributed by atoms with E-state index in [0.29, 0.717) is 0 Å². The second-order valence-electron chi connectivity index (χ2n) is 2.82. The highest BCUT2D eigenvalue weighted by Crippen LogP contribution is 2.26. The van der Waals surface area contributed by atoms with E-state index in [-0.39, 0.29) is 0 Å². The minimum absolute atomic E-state index is 1.03. The van der Waals surface area contributed by atoms with E-state index in [4.69, 9.17) is 0 Å². The monoisotopic (exact) mass is 200 g/mol. The maximum Gasteiger partial charge on any atom is 0.0801 e. The highest BCUT2D eigenvalue weighted by atomic mass is 32.1. The molecular weight excluding hydrogens is 190 g/mol. The van der Waals surface area contributed by atoms with Gasteiger partial charge in [0, 0.05) is 11.1 Å². The Labute approximate surface area is 87.8 Å². The van der Waals surface area contributed by atoms with E-state index in [1.165, 1.54) is 9.75 Å². The molecule has 0 aliphatic heterocycles. The molecule has 2 aromatic heterocycles. The van der Waals surface area contributed by atoms with Crippen molar-refractivity contribution in [1.82, 2.24) is 4.98 Å². The molecule has 2 heteroatoms. The molecule has 0 saturated heterocycles. The quantitative estimate of drug-likeness (QED) is 0.721. The van der Waals surface area contributed by atoms with Gasteiger partial charge in [-0.2, -0.15) is 0 Å². The fourth-order valence-electron chi connectivity index (χ4n) is 1.20. The molecule has 2 rings (SSSR count). The number of hydrogen-bond donors (Lipinski definition) is 0. The summed E-state index contributed by atoms with van der Waals surface area (Å²) in [6, 6.07) is 10.1. The maximum atomic E-state index is 4.29. The number of aromatic nitrogens is 1. The Kier molecular flexibility index (Phi) is 2.75. The fourth-order valence-corrected chi connectivity index (χ4v) is 2.12. The van der Waals surface area contributed by atoms with Gasteiger partial charge >= 0.3 is 0 Å². The molecule has 0 fully saturated rings. The molecule has 0 spiro atoms. The largest absolute Gasteiger partial charge is 0.255 e. The molecule has 0 atom stereocenters. The molecule has 2 aromatic rings. The van der Waals surface area contributed by atoms with E-state index in [1.807, 2.05) is 30.5 Å². The standard InChI is InChI=1S/C12H10NS/c1-2-5-10-7-8-12(14-10)11-6-3-4-9-13-11/h2-9H,1H2/b5-2+. The van der Waals surface area contributed by atoms with Gasteiger partial charge in [0.1, 0.15) is 0 Å². The molecular formula is C12H10NS. The van der Waals surface area contributed by atoms with Gasteiger partial charge in [0.2, 0.25) is 0 Å². The Morgan fingerprint density at radius 1 is 1.21 bits per heavy atom. The van der Waals surface area contributed by atoms with Crippen molar-refractivity contribution in [3.63, 3.8) is 0 Å².